The predicted molar refractivity (Wildman–Crippen MR) is 83.6 cm³/mol. The molecule has 0 saturated heterocycles. The highest BCUT2D eigenvalue weighted by atomic mass is 19.1. The number of amides is 1. The molecule has 1 aromatic carbocycles. The number of nitrogens with zero attached hydrogens (tertiary/aromatic N) is 2. The molecule has 2 rings (SSSR count). The zero-order valence-corrected chi connectivity index (χ0v) is 13.5. The predicted octanol–water partition coefficient (Wildman–Crippen LogP) is 3.01. The standard InChI is InChI=1S/C16H22FN3O3/c1-16(2,3)23-15(21)20(12-8-9-12)13(14(18)19-22)10-4-6-11(17)7-5-10/h4-7,12-13,22H,8-9H2,1-3H3,(H2,18,19)/t13-/m0/s1. The number of hydrogen-bond acceptors (Lipinski definition) is 4. The summed E-state index contributed by atoms with van der Waals surface area (Å²) in [6, 6.07) is 4.72. The van der Waals surface area contributed by atoms with E-state index in [1.165, 1.54) is 29.2 Å². The van der Waals surface area contributed by atoms with Crippen molar-refractivity contribution in [2.24, 2.45) is 10.9 Å². The SMILES string of the molecule is CC(C)(C)OC(=O)N(C1CC1)[C@H](C(N)=NO)c1ccc(F)cc1. The highest BCUT2D eigenvalue weighted by molar-refractivity contribution is 5.90. The zero-order valence-electron chi connectivity index (χ0n) is 13.5. The van der Waals surface area contributed by atoms with Gasteiger partial charge in [0.05, 0.1) is 0 Å². The monoisotopic (exact) mass is 323 g/mol. The smallest absolute Gasteiger partial charge is 0.411 e. The lowest BCUT2D eigenvalue weighted by Gasteiger charge is -2.33. The summed E-state index contributed by atoms with van der Waals surface area (Å²) < 4.78 is 18.6. The van der Waals surface area contributed by atoms with Gasteiger partial charge in [0.1, 0.15) is 17.5 Å². The molecule has 0 radical (unpaired) electrons. The van der Waals surface area contributed by atoms with Crippen molar-refractivity contribution in [3.8, 4) is 0 Å². The van der Waals surface area contributed by atoms with Gasteiger partial charge in [0.15, 0.2) is 5.84 Å². The van der Waals surface area contributed by atoms with Crippen molar-refractivity contribution < 1.29 is 19.1 Å². The first kappa shape index (κ1) is 17.1. The Labute approximate surface area is 134 Å². The molecule has 0 heterocycles. The Morgan fingerprint density at radius 2 is 1.96 bits per heavy atom. The molecule has 1 fully saturated rings. The molecular formula is C16H22FN3O3. The second-order valence-electron chi connectivity index (χ2n) is 6.60. The Morgan fingerprint density at radius 1 is 1.39 bits per heavy atom. The summed E-state index contributed by atoms with van der Waals surface area (Å²) in [5.74, 6) is -0.545. The van der Waals surface area contributed by atoms with Gasteiger partial charge in [-0.15, -0.1) is 0 Å². The number of oxime groups is 1. The van der Waals surface area contributed by atoms with Crippen molar-refractivity contribution >= 4 is 11.9 Å². The highest BCUT2D eigenvalue weighted by Gasteiger charge is 2.42. The number of amidine groups is 1. The Balaban J connectivity index is 2.38. The van der Waals surface area contributed by atoms with Gasteiger partial charge in [-0.05, 0) is 51.3 Å². The lowest BCUT2D eigenvalue weighted by atomic mass is 10.0. The van der Waals surface area contributed by atoms with Crippen molar-refractivity contribution in [1.29, 1.82) is 0 Å². The van der Waals surface area contributed by atoms with E-state index in [0.717, 1.165) is 12.8 Å². The van der Waals surface area contributed by atoms with Crippen molar-refractivity contribution in [2.45, 2.75) is 51.3 Å². The van der Waals surface area contributed by atoms with Gasteiger partial charge in [-0.2, -0.15) is 0 Å². The van der Waals surface area contributed by atoms with Crippen LogP contribution in [-0.2, 0) is 4.74 Å². The quantitative estimate of drug-likeness (QED) is 0.386. The molecule has 0 bridgehead atoms. The van der Waals surface area contributed by atoms with Crippen LogP contribution in [0.1, 0.15) is 45.2 Å². The molecule has 23 heavy (non-hydrogen) atoms. The first-order valence-corrected chi connectivity index (χ1v) is 7.47. The van der Waals surface area contributed by atoms with Gasteiger partial charge in [0, 0.05) is 6.04 Å². The molecule has 0 unspecified atom stereocenters. The molecular weight excluding hydrogens is 301 g/mol. The number of halogens is 1. The van der Waals surface area contributed by atoms with Gasteiger partial charge in [-0.1, -0.05) is 17.3 Å². The summed E-state index contributed by atoms with van der Waals surface area (Å²) in [4.78, 5) is 14.0. The largest absolute Gasteiger partial charge is 0.444 e. The molecule has 0 aromatic heterocycles. The first-order chi connectivity index (χ1) is 10.7. The molecule has 0 spiro atoms. The fourth-order valence-electron chi connectivity index (χ4n) is 2.31. The van der Waals surface area contributed by atoms with Crippen LogP contribution in [0.4, 0.5) is 9.18 Å². The lowest BCUT2D eigenvalue weighted by Crippen LogP contribution is -2.45. The third-order valence-corrected chi connectivity index (χ3v) is 3.40. The summed E-state index contributed by atoms with van der Waals surface area (Å²) in [6.45, 7) is 5.31. The van der Waals surface area contributed by atoms with Gasteiger partial charge < -0.3 is 15.7 Å². The minimum absolute atomic E-state index is 0.0415. The van der Waals surface area contributed by atoms with Gasteiger partial charge >= 0.3 is 6.09 Å². The third kappa shape index (κ3) is 4.34. The van der Waals surface area contributed by atoms with Gasteiger partial charge in [0.2, 0.25) is 0 Å². The van der Waals surface area contributed by atoms with Crippen molar-refractivity contribution in [1.82, 2.24) is 4.90 Å². The summed E-state index contributed by atoms with van der Waals surface area (Å²) in [6.07, 6.45) is 1.09. The minimum atomic E-state index is -0.803. The maximum Gasteiger partial charge on any atom is 0.411 e. The van der Waals surface area contributed by atoms with Gasteiger partial charge in [0.25, 0.3) is 0 Å². The summed E-state index contributed by atoms with van der Waals surface area (Å²) in [5, 5.41) is 12.1. The molecule has 6 nitrogen and oxygen atoms in total. The van der Waals surface area contributed by atoms with E-state index < -0.39 is 23.6 Å². The normalized spacial score (nSPS) is 16.8. The van der Waals surface area contributed by atoms with Crippen molar-refractivity contribution in [2.75, 3.05) is 0 Å². The van der Waals surface area contributed by atoms with Crippen LogP contribution in [0, 0.1) is 5.82 Å². The maximum atomic E-state index is 13.2. The molecule has 1 aromatic rings. The molecule has 1 atom stereocenters. The Morgan fingerprint density at radius 3 is 2.39 bits per heavy atom. The number of carbonyl (C=O) groups is 1. The van der Waals surface area contributed by atoms with Crippen LogP contribution >= 0.6 is 0 Å². The molecule has 7 heteroatoms. The second kappa shape index (κ2) is 6.44. The molecule has 1 saturated carbocycles. The highest BCUT2D eigenvalue weighted by Crippen LogP contribution is 2.36. The summed E-state index contributed by atoms with van der Waals surface area (Å²) in [7, 11) is 0. The molecule has 3 N–H and O–H groups in total. The van der Waals surface area contributed by atoms with Gasteiger partial charge in [-0.25, -0.2) is 9.18 Å². The number of rotatable bonds is 4. The Hall–Kier alpha value is -2.31. The molecule has 1 aliphatic carbocycles. The number of benzene rings is 1. The maximum absolute atomic E-state index is 13.2. The van der Waals surface area contributed by atoms with Crippen LogP contribution in [0.15, 0.2) is 29.4 Å². The Bertz CT molecular complexity index is 592. The van der Waals surface area contributed by atoms with Crippen LogP contribution < -0.4 is 5.73 Å². The minimum Gasteiger partial charge on any atom is -0.444 e. The third-order valence-electron chi connectivity index (χ3n) is 3.40. The summed E-state index contributed by atoms with van der Waals surface area (Å²) >= 11 is 0. The molecule has 0 aliphatic heterocycles. The number of carbonyl (C=O) groups excluding carboxylic acids is 1. The summed E-state index contributed by atoms with van der Waals surface area (Å²) in [5.41, 5.74) is 5.70. The van der Waals surface area contributed by atoms with Crippen molar-refractivity contribution in [3.05, 3.63) is 35.6 Å². The van der Waals surface area contributed by atoms with Crippen LogP contribution in [0.25, 0.3) is 0 Å². The average molecular weight is 323 g/mol. The Kier molecular flexibility index (Phi) is 4.77. The number of nitrogens with two attached hydrogens (primary N) is 1. The van der Waals surface area contributed by atoms with Crippen LogP contribution in [0.5, 0.6) is 0 Å². The fourth-order valence-corrected chi connectivity index (χ4v) is 2.31. The van der Waals surface area contributed by atoms with Crippen molar-refractivity contribution in [3.63, 3.8) is 0 Å². The van der Waals surface area contributed by atoms with Crippen LogP contribution in [0.3, 0.4) is 0 Å². The van der Waals surface area contributed by atoms with E-state index in [2.05, 4.69) is 5.16 Å². The molecule has 1 aliphatic rings. The van der Waals surface area contributed by atoms with E-state index in [4.69, 9.17) is 15.7 Å². The molecule has 126 valence electrons. The first-order valence-electron chi connectivity index (χ1n) is 7.47. The lowest BCUT2D eigenvalue weighted by molar-refractivity contribution is 0.0190. The van der Waals surface area contributed by atoms with E-state index in [-0.39, 0.29) is 11.9 Å². The number of hydrogen-bond donors (Lipinski definition) is 2. The van der Waals surface area contributed by atoms with Crippen LogP contribution in [0.2, 0.25) is 0 Å². The van der Waals surface area contributed by atoms with E-state index >= 15 is 0 Å². The molecule has 1 amide bonds. The van der Waals surface area contributed by atoms with E-state index in [1.54, 1.807) is 20.8 Å². The average Bonchev–Trinajstić information content (AvgIpc) is 3.27. The van der Waals surface area contributed by atoms with E-state index in [1.807, 2.05) is 0 Å². The van der Waals surface area contributed by atoms with E-state index in [9.17, 15) is 9.18 Å². The topological polar surface area (TPSA) is 88.2 Å². The second-order valence-corrected chi connectivity index (χ2v) is 6.60. The van der Waals surface area contributed by atoms with E-state index in [0.29, 0.717) is 5.56 Å². The number of ether oxygens (including phenoxy) is 1. The zero-order chi connectivity index (χ0) is 17.2. The van der Waals surface area contributed by atoms with Crippen LogP contribution in [-0.4, -0.2) is 33.7 Å². The fraction of sp³-hybridized carbons (Fsp3) is 0.500. The van der Waals surface area contributed by atoms with Gasteiger partial charge in [-0.3, -0.25) is 4.90 Å².